The normalized spacial score (nSPS) is 8.20. The van der Waals surface area contributed by atoms with E-state index in [9.17, 15) is 4.39 Å². The van der Waals surface area contributed by atoms with E-state index in [2.05, 4.69) is 11.8 Å². The molecule has 0 N–H and O–H groups in total. The maximum atomic E-state index is 12.7. The highest BCUT2D eigenvalue weighted by Gasteiger charge is 1.92. The lowest BCUT2D eigenvalue weighted by atomic mass is 10.2. The molecule has 1 aromatic carbocycles. The SMILES string of the molecule is CC#Cc1ccccc1F. The van der Waals surface area contributed by atoms with Crippen molar-refractivity contribution in [3.8, 4) is 11.8 Å². The van der Waals surface area contributed by atoms with Gasteiger partial charge in [0.15, 0.2) is 0 Å². The number of rotatable bonds is 0. The Bertz CT molecular complexity index is 278. The molecular formula is C9H7F. The van der Waals surface area contributed by atoms with Crippen LogP contribution in [0, 0.1) is 17.7 Å². The Balaban J connectivity index is 3.11. The van der Waals surface area contributed by atoms with Gasteiger partial charge in [0.1, 0.15) is 5.82 Å². The minimum Gasteiger partial charge on any atom is -0.206 e. The molecule has 0 atom stereocenters. The van der Waals surface area contributed by atoms with Crippen LogP contribution in [-0.4, -0.2) is 0 Å². The first-order valence-electron chi connectivity index (χ1n) is 3.02. The molecule has 0 spiro atoms. The lowest BCUT2D eigenvalue weighted by Crippen LogP contribution is -1.79. The summed E-state index contributed by atoms with van der Waals surface area (Å²) >= 11 is 0. The Morgan fingerprint density at radius 3 is 2.60 bits per heavy atom. The third-order valence-corrected chi connectivity index (χ3v) is 1.13. The van der Waals surface area contributed by atoms with Gasteiger partial charge in [-0.15, -0.1) is 5.92 Å². The van der Waals surface area contributed by atoms with Gasteiger partial charge >= 0.3 is 0 Å². The highest BCUT2D eigenvalue weighted by molar-refractivity contribution is 5.34. The Morgan fingerprint density at radius 1 is 1.30 bits per heavy atom. The van der Waals surface area contributed by atoms with Crippen LogP contribution in [0.5, 0.6) is 0 Å². The fraction of sp³-hybridized carbons (Fsp3) is 0.111. The van der Waals surface area contributed by atoms with Gasteiger partial charge in [0, 0.05) is 0 Å². The van der Waals surface area contributed by atoms with Gasteiger partial charge < -0.3 is 0 Å². The van der Waals surface area contributed by atoms with E-state index in [0.717, 1.165) is 0 Å². The largest absolute Gasteiger partial charge is 0.206 e. The van der Waals surface area contributed by atoms with Gasteiger partial charge in [0.25, 0.3) is 0 Å². The molecular weight excluding hydrogens is 127 g/mol. The molecule has 0 radical (unpaired) electrons. The summed E-state index contributed by atoms with van der Waals surface area (Å²) in [7, 11) is 0. The molecule has 0 fully saturated rings. The van der Waals surface area contributed by atoms with E-state index in [1.807, 2.05) is 0 Å². The summed E-state index contributed by atoms with van der Waals surface area (Å²) in [6.07, 6.45) is 0. The molecule has 50 valence electrons. The Hall–Kier alpha value is -1.29. The molecule has 10 heavy (non-hydrogen) atoms. The monoisotopic (exact) mass is 134 g/mol. The maximum absolute atomic E-state index is 12.7. The van der Waals surface area contributed by atoms with Gasteiger partial charge in [-0.2, -0.15) is 0 Å². The molecule has 0 aliphatic carbocycles. The quantitative estimate of drug-likeness (QED) is 0.477. The molecule has 0 saturated carbocycles. The average molecular weight is 134 g/mol. The standard InChI is InChI=1S/C9H7F/c1-2-5-8-6-3-4-7-9(8)10/h3-4,6-7H,1H3. The first-order chi connectivity index (χ1) is 4.84. The van der Waals surface area contributed by atoms with Crippen molar-refractivity contribution in [2.75, 3.05) is 0 Å². The van der Waals surface area contributed by atoms with Crippen molar-refractivity contribution in [3.05, 3.63) is 35.6 Å². The minimum absolute atomic E-state index is 0.253. The molecule has 0 saturated heterocycles. The second-order valence-corrected chi connectivity index (χ2v) is 1.85. The van der Waals surface area contributed by atoms with Crippen molar-refractivity contribution < 1.29 is 4.39 Å². The highest BCUT2D eigenvalue weighted by Crippen LogP contribution is 2.03. The lowest BCUT2D eigenvalue weighted by Gasteiger charge is -1.89. The zero-order valence-electron chi connectivity index (χ0n) is 5.69. The molecule has 1 rings (SSSR count). The fourth-order valence-electron chi connectivity index (χ4n) is 0.697. The molecule has 0 bridgehead atoms. The number of benzene rings is 1. The minimum atomic E-state index is -0.253. The summed E-state index contributed by atoms with van der Waals surface area (Å²) in [5.74, 6) is 5.03. The van der Waals surface area contributed by atoms with Crippen molar-refractivity contribution >= 4 is 0 Å². The van der Waals surface area contributed by atoms with Crippen LogP contribution in [0.2, 0.25) is 0 Å². The number of halogens is 1. The van der Waals surface area contributed by atoms with Gasteiger partial charge in [0.05, 0.1) is 5.56 Å². The molecule has 0 amide bonds. The van der Waals surface area contributed by atoms with Gasteiger partial charge in [0.2, 0.25) is 0 Å². The van der Waals surface area contributed by atoms with Crippen molar-refractivity contribution in [2.24, 2.45) is 0 Å². The molecule has 0 unspecified atom stereocenters. The molecule has 0 heterocycles. The van der Waals surface area contributed by atoms with Crippen molar-refractivity contribution in [1.29, 1.82) is 0 Å². The van der Waals surface area contributed by atoms with E-state index in [1.54, 1.807) is 25.1 Å². The van der Waals surface area contributed by atoms with E-state index in [-0.39, 0.29) is 5.82 Å². The summed E-state index contributed by atoms with van der Waals surface area (Å²) in [5.41, 5.74) is 0.463. The first-order valence-corrected chi connectivity index (χ1v) is 3.02. The first kappa shape index (κ1) is 6.82. The second-order valence-electron chi connectivity index (χ2n) is 1.85. The van der Waals surface area contributed by atoms with Crippen LogP contribution in [0.15, 0.2) is 24.3 Å². The van der Waals surface area contributed by atoms with Gasteiger partial charge in [-0.05, 0) is 19.1 Å². The van der Waals surface area contributed by atoms with Crippen LogP contribution in [0.1, 0.15) is 12.5 Å². The van der Waals surface area contributed by atoms with Gasteiger partial charge in [-0.25, -0.2) is 4.39 Å². The van der Waals surface area contributed by atoms with E-state index in [4.69, 9.17) is 0 Å². The summed E-state index contributed by atoms with van der Waals surface area (Å²) in [6.45, 7) is 1.69. The van der Waals surface area contributed by atoms with E-state index in [0.29, 0.717) is 5.56 Å². The molecule has 0 aliphatic rings. The van der Waals surface area contributed by atoms with Crippen LogP contribution in [0.3, 0.4) is 0 Å². The molecule has 1 aromatic rings. The van der Waals surface area contributed by atoms with Crippen LogP contribution < -0.4 is 0 Å². The molecule has 1 heteroatoms. The van der Waals surface area contributed by atoms with Crippen LogP contribution in [0.4, 0.5) is 4.39 Å². The molecule has 0 aromatic heterocycles. The third-order valence-electron chi connectivity index (χ3n) is 1.13. The van der Waals surface area contributed by atoms with E-state index < -0.39 is 0 Å². The average Bonchev–Trinajstić information content (AvgIpc) is 1.94. The number of hydrogen-bond acceptors (Lipinski definition) is 0. The predicted octanol–water partition coefficient (Wildman–Crippen LogP) is 2.20. The molecule has 0 nitrogen and oxygen atoms in total. The van der Waals surface area contributed by atoms with Crippen molar-refractivity contribution in [2.45, 2.75) is 6.92 Å². The Morgan fingerprint density at radius 2 is 2.00 bits per heavy atom. The summed E-state index contributed by atoms with van der Waals surface area (Å²) < 4.78 is 12.7. The number of hydrogen-bond donors (Lipinski definition) is 0. The zero-order chi connectivity index (χ0) is 7.40. The third kappa shape index (κ3) is 1.35. The molecule has 0 aliphatic heterocycles. The fourth-order valence-corrected chi connectivity index (χ4v) is 0.697. The summed E-state index contributed by atoms with van der Waals surface area (Å²) in [4.78, 5) is 0. The Kier molecular flexibility index (Phi) is 2.07. The zero-order valence-corrected chi connectivity index (χ0v) is 5.69. The Labute approximate surface area is 59.7 Å². The van der Waals surface area contributed by atoms with E-state index >= 15 is 0 Å². The smallest absolute Gasteiger partial charge is 0.138 e. The van der Waals surface area contributed by atoms with Gasteiger partial charge in [-0.1, -0.05) is 18.1 Å². The van der Waals surface area contributed by atoms with Gasteiger partial charge in [-0.3, -0.25) is 0 Å². The highest BCUT2D eigenvalue weighted by atomic mass is 19.1. The van der Waals surface area contributed by atoms with Crippen LogP contribution >= 0.6 is 0 Å². The van der Waals surface area contributed by atoms with Crippen molar-refractivity contribution in [3.63, 3.8) is 0 Å². The summed E-state index contributed by atoms with van der Waals surface area (Å²) in [5, 5.41) is 0. The predicted molar refractivity (Wildman–Crippen MR) is 39.0 cm³/mol. The topological polar surface area (TPSA) is 0 Å². The second kappa shape index (κ2) is 3.03. The van der Waals surface area contributed by atoms with E-state index in [1.165, 1.54) is 6.07 Å². The summed E-state index contributed by atoms with van der Waals surface area (Å²) in [6, 6.07) is 6.48. The van der Waals surface area contributed by atoms with Crippen LogP contribution in [0.25, 0.3) is 0 Å². The lowest BCUT2D eigenvalue weighted by molar-refractivity contribution is 0.624. The maximum Gasteiger partial charge on any atom is 0.138 e. The van der Waals surface area contributed by atoms with Crippen LogP contribution in [-0.2, 0) is 0 Å². The van der Waals surface area contributed by atoms with Crippen molar-refractivity contribution in [1.82, 2.24) is 0 Å².